The minimum absolute atomic E-state index is 0. The van der Waals surface area contributed by atoms with Gasteiger partial charge in [-0.1, -0.05) is 25.8 Å². The number of rotatable bonds is 10. The molecule has 0 N–H and O–H groups in total. The Morgan fingerprint density at radius 1 is 1.20 bits per heavy atom. The largest absolute Gasteiger partial charge is 1.00 e. The van der Waals surface area contributed by atoms with Gasteiger partial charge in [0.05, 0.1) is 10.1 Å². The first kappa shape index (κ1) is 22.4. The van der Waals surface area contributed by atoms with Gasteiger partial charge in [0, 0.05) is 19.3 Å². The standard InChI is InChI=1S/C13H25NO4S.Na/c1-3-4-5-6-7-10-13(15)14(2)11-8-9-12-19(16,17)18;/h7,10H,3-6,8-9,11-12H2,1-2H3,(H,16,17,18);/q;+1/p-1/b10-7+;. The Kier molecular flexibility index (Phi) is 14.4. The number of nitrogens with zero attached hydrogens (tertiary/aromatic N) is 1. The molecule has 0 spiro atoms. The maximum Gasteiger partial charge on any atom is 1.00 e. The van der Waals surface area contributed by atoms with Gasteiger partial charge in [0.25, 0.3) is 0 Å². The van der Waals surface area contributed by atoms with E-state index in [2.05, 4.69) is 6.92 Å². The van der Waals surface area contributed by atoms with Crippen molar-refractivity contribution < 1.29 is 47.3 Å². The van der Waals surface area contributed by atoms with E-state index >= 15 is 0 Å². The van der Waals surface area contributed by atoms with E-state index in [1.807, 2.05) is 6.08 Å². The summed E-state index contributed by atoms with van der Waals surface area (Å²) >= 11 is 0. The number of hydrogen-bond donors (Lipinski definition) is 0. The van der Waals surface area contributed by atoms with Crippen molar-refractivity contribution in [3.8, 4) is 0 Å². The van der Waals surface area contributed by atoms with Crippen molar-refractivity contribution >= 4 is 16.0 Å². The van der Waals surface area contributed by atoms with E-state index in [-0.39, 0.29) is 41.2 Å². The monoisotopic (exact) mass is 313 g/mol. The minimum atomic E-state index is -4.13. The van der Waals surface area contributed by atoms with Crippen LogP contribution < -0.4 is 29.6 Å². The second kappa shape index (κ2) is 12.8. The van der Waals surface area contributed by atoms with Crippen LogP contribution in [0.15, 0.2) is 12.2 Å². The van der Waals surface area contributed by atoms with Gasteiger partial charge < -0.3 is 9.45 Å². The second-order valence-electron chi connectivity index (χ2n) is 4.63. The predicted octanol–water partition coefficient (Wildman–Crippen LogP) is -1.09. The molecule has 0 aromatic rings. The summed E-state index contributed by atoms with van der Waals surface area (Å²) in [5.74, 6) is -0.441. The van der Waals surface area contributed by atoms with E-state index in [1.54, 1.807) is 13.1 Å². The molecule has 20 heavy (non-hydrogen) atoms. The van der Waals surface area contributed by atoms with Gasteiger partial charge in [-0.25, -0.2) is 8.42 Å². The van der Waals surface area contributed by atoms with Gasteiger partial charge >= 0.3 is 29.6 Å². The summed E-state index contributed by atoms with van der Waals surface area (Å²) in [5, 5.41) is 0. The van der Waals surface area contributed by atoms with Crippen LogP contribution in [0.2, 0.25) is 0 Å². The van der Waals surface area contributed by atoms with E-state index in [1.165, 1.54) is 4.90 Å². The molecular formula is C13H24NNaO4S. The zero-order valence-corrected chi connectivity index (χ0v) is 15.6. The summed E-state index contributed by atoms with van der Waals surface area (Å²) in [4.78, 5) is 13.2. The van der Waals surface area contributed by atoms with Crippen molar-refractivity contribution in [3.05, 3.63) is 12.2 Å². The Morgan fingerprint density at radius 2 is 1.85 bits per heavy atom. The third-order valence-corrected chi connectivity index (χ3v) is 3.54. The molecule has 0 aromatic carbocycles. The summed E-state index contributed by atoms with van der Waals surface area (Å²) in [6.07, 6.45) is 8.56. The van der Waals surface area contributed by atoms with Crippen molar-refractivity contribution in [1.29, 1.82) is 0 Å². The molecule has 0 unspecified atom stereocenters. The maximum absolute atomic E-state index is 11.6. The summed E-state index contributed by atoms with van der Waals surface area (Å²) in [6, 6.07) is 0. The molecular weight excluding hydrogens is 289 g/mol. The fourth-order valence-electron chi connectivity index (χ4n) is 1.56. The van der Waals surface area contributed by atoms with E-state index in [0.29, 0.717) is 19.4 Å². The molecule has 0 heterocycles. The molecule has 0 bridgehead atoms. The topological polar surface area (TPSA) is 77.5 Å². The number of likely N-dealkylation sites (N-methyl/N-ethyl adjacent to an activating group) is 1. The first-order chi connectivity index (χ1) is 8.87. The van der Waals surface area contributed by atoms with Crippen LogP contribution in [0.1, 0.15) is 45.4 Å². The van der Waals surface area contributed by atoms with Gasteiger partial charge in [-0.3, -0.25) is 4.79 Å². The Balaban J connectivity index is 0. The quantitative estimate of drug-likeness (QED) is 0.222. The number of carbonyl (C=O) groups excluding carboxylic acids is 1. The van der Waals surface area contributed by atoms with Crippen LogP contribution >= 0.6 is 0 Å². The molecule has 0 fully saturated rings. The van der Waals surface area contributed by atoms with Gasteiger partial charge in [-0.05, 0) is 31.8 Å². The number of allylic oxidation sites excluding steroid dienone is 1. The van der Waals surface area contributed by atoms with Crippen molar-refractivity contribution in [2.45, 2.75) is 45.4 Å². The number of unbranched alkanes of at least 4 members (excludes halogenated alkanes) is 4. The van der Waals surface area contributed by atoms with Gasteiger partial charge in [-0.2, -0.15) is 0 Å². The fourth-order valence-corrected chi connectivity index (χ4v) is 2.12. The van der Waals surface area contributed by atoms with Crippen LogP contribution in [-0.2, 0) is 14.9 Å². The molecule has 1 amide bonds. The van der Waals surface area contributed by atoms with E-state index in [4.69, 9.17) is 0 Å². The van der Waals surface area contributed by atoms with Crippen molar-refractivity contribution in [2.75, 3.05) is 19.3 Å². The van der Waals surface area contributed by atoms with Crippen LogP contribution in [0.3, 0.4) is 0 Å². The average Bonchev–Trinajstić information content (AvgIpc) is 2.32. The smallest absolute Gasteiger partial charge is 0.748 e. The maximum atomic E-state index is 11.6. The van der Waals surface area contributed by atoms with Gasteiger partial charge in [0.1, 0.15) is 0 Å². The first-order valence-electron chi connectivity index (χ1n) is 6.72. The molecule has 5 nitrogen and oxygen atoms in total. The third kappa shape index (κ3) is 14.5. The molecule has 0 rings (SSSR count). The van der Waals surface area contributed by atoms with Crippen molar-refractivity contribution in [3.63, 3.8) is 0 Å². The molecule has 112 valence electrons. The SMILES string of the molecule is CCCCC/C=C/C(=O)N(C)CCCCS(=O)(=O)[O-].[Na+]. The van der Waals surface area contributed by atoms with Crippen LogP contribution in [0, 0.1) is 0 Å². The summed E-state index contributed by atoms with van der Waals surface area (Å²) in [5.41, 5.74) is 0. The van der Waals surface area contributed by atoms with E-state index in [9.17, 15) is 17.8 Å². The summed E-state index contributed by atoms with van der Waals surface area (Å²) in [6.45, 7) is 2.60. The molecule has 0 atom stereocenters. The molecule has 0 saturated carbocycles. The van der Waals surface area contributed by atoms with E-state index < -0.39 is 10.1 Å². The zero-order valence-electron chi connectivity index (χ0n) is 12.8. The molecule has 0 saturated heterocycles. The first-order valence-corrected chi connectivity index (χ1v) is 8.29. The van der Waals surface area contributed by atoms with Crippen molar-refractivity contribution in [1.82, 2.24) is 4.90 Å². The molecule has 0 aliphatic rings. The Bertz CT molecular complexity index is 382. The number of carbonyl (C=O) groups is 1. The van der Waals surface area contributed by atoms with Crippen LogP contribution in [0.5, 0.6) is 0 Å². The van der Waals surface area contributed by atoms with Crippen molar-refractivity contribution in [2.24, 2.45) is 0 Å². The van der Waals surface area contributed by atoms with E-state index in [0.717, 1.165) is 25.7 Å². The predicted molar refractivity (Wildman–Crippen MR) is 74.7 cm³/mol. The minimum Gasteiger partial charge on any atom is -0.748 e. The molecule has 0 aliphatic heterocycles. The summed E-state index contributed by atoms with van der Waals surface area (Å²) < 4.78 is 31.2. The molecule has 7 heteroatoms. The summed E-state index contributed by atoms with van der Waals surface area (Å²) in [7, 11) is -2.46. The Labute approximate surface area is 144 Å². The number of hydrogen-bond acceptors (Lipinski definition) is 4. The van der Waals surface area contributed by atoms with Crippen LogP contribution in [0.4, 0.5) is 0 Å². The van der Waals surface area contributed by atoms with Gasteiger partial charge in [-0.15, -0.1) is 0 Å². The Hall–Kier alpha value is 0.120. The number of amides is 1. The average molecular weight is 313 g/mol. The zero-order chi connectivity index (χ0) is 14.7. The molecule has 0 aliphatic carbocycles. The molecule has 0 radical (unpaired) electrons. The van der Waals surface area contributed by atoms with Gasteiger partial charge in [0.2, 0.25) is 5.91 Å². The third-order valence-electron chi connectivity index (χ3n) is 2.75. The molecule has 0 aromatic heterocycles. The normalized spacial score (nSPS) is 11.3. The Morgan fingerprint density at radius 3 is 2.40 bits per heavy atom. The van der Waals surface area contributed by atoms with Crippen LogP contribution in [0.25, 0.3) is 0 Å². The second-order valence-corrected chi connectivity index (χ2v) is 6.15. The van der Waals surface area contributed by atoms with Crippen LogP contribution in [-0.4, -0.2) is 43.1 Å². The van der Waals surface area contributed by atoms with Gasteiger partial charge in [0.15, 0.2) is 0 Å². The fraction of sp³-hybridized carbons (Fsp3) is 0.769.